The number of alkyl carbamates (subject to hydrolysis) is 1. The number of aromatic nitrogens is 1. The van der Waals surface area contributed by atoms with Gasteiger partial charge in [0.05, 0.1) is 0 Å². The van der Waals surface area contributed by atoms with Crippen LogP contribution in [0.15, 0.2) is 18.2 Å². The number of aromatic amines is 1. The van der Waals surface area contributed by atoms with E-state index in [0.29, 0.717) is 5.56 Å². The normalized spacial score (nSPS) is 16.9. The van der Waals surface area contributed by atoms with Crippen LogP contribution < -0.4 is 5.32 Å². The average Bonchev–Trinajstić information content (AvgIpc) is 2.89. The number of H-pyrrole nitrogens is 1. The Morgan fingerprint density at radius 2 is 2.00 bits per heavy atom. The highest BCUT2D eigenvalue weighted by Gasteiger charge is 2.26. The van der Waals surface area contributed by atoms with Crippen molar-refractivity contribution in [3.63, 3.8) is 0 Å². The molecule has 6 nitrogen and oxygen atoms in total. The van der Waals surface area contributed by atoms with Crippen LogP contribution in [0.4, 0.5) is 4.79 Å². The summed E-state index contributed by atoms with van der Waals surface area (Å²) < 4.78 is 5.37. The van der Waals surface area contributed by atoms with E-state index in [1.54, 1.807) is 19.0 Å². The highest BCUT2D eigenvalue weighted by molar-refractivity contribution is 5.99. The van der Waals surface area contributed by atoms with Gasteiger partial charge in [0.25, 0.3) is 5.91 Å². The van der Waals surface area contributed by atoms with E-state index in [1.807, 2.05) is 39.0 Å². The molecule has 0 saturated carbocycles. The van der Waals surface area contributed by atoms with Crippen LogP contribution in [0.1, 0.15) is 48.8 Å². The lowest BCUT2D eigenvalue weighted by Crippen LogP contribution is -2.41. The summed E-state index contributed by atoms with van der Waals surface area (Å²) in [6, 6.07) is 5.79. The van der Waals surface area contributed by atoms with Gasteiger partial charge in [0.1, 0.15) is 5.60 Å². The minimum Gasteiger partial charge on any atom is -0.444 e. The predicted octanol–water partition coefficient (Wildman–Crippen LogP) is 3.25. The second kappa shape index (κ2) is 6.67. The van der Waals surface area contributed by atoms with Crippen molar-refractivity contribution in [1.82, 2.24) is 15.2 Å². The SMILES string of the molecule is CN(C)C(=O)c1ccc2[nH]c3c(c2c1)CC(NC(=O)OC(C)(C)C)CC3. The smallest absolute Gasteiger partial charge is 0.407 e. The molecule has 6 heteroatoms. The molecule has 0 aliphatic heterocycles. The van der Waals surface area contributed by atoms with Crippen molar-refractivity contribution in [2.45, 2.75) is 51.7 Å². The number of carbonyl (C=O) groups is 2. The summed E-state index contributed by atoms with van der Waals surface area (Å²) in [4.78, 5) is 29.4. The molecule has 2 aromatic rings. The van der Waals surface area contributed by atoms with Crippen molar-refractivity contribution in [3.8, 4) is 0 Å². The van der Waals surface area contributed by atoms with Crippen LogP contribution in [0.25, 0.3) is 10.9 Å². The number of nitrogens with one attached hydrogen (secondary N) is 2. The van der Waals surface area contributed by atoms with Crippen molar-refractivity contribution >= 4 is 22.9 Å². The zero-order chi connectivity index (χ0) is 19.1. The van der Waals surface area contributed by atoms with Crippen molar-refractivity contribution in [1.29, 1.82) is 0 Å². The fourth-order valence-corrected chi connectivity index (χ4v) is 3.41. The Kier molecular flexibility index (Phi) is 4.69. The van der Waals surface area contributed by atoms with Crippen LogP contribution in [-0.4, -0.2) is 47.6 Å². The van der Waals surface area contributed by atoms with Gasteiger partial charge in [-0.05, 0) is 63.8 Å². The van der Waals surface area contributed by atoms with Gasteiger partial charge in [0.2, 0.25) is 0 Å². The molecule has 140 valence electrons. The molecular weight excluding hydrogens is 330 g/mol. The van der Waals surface area contributed by atoms with Crippen LogP contribution in [0, 0.1) is 0 Å². The van der Waals surface area contributed by atoms with Gasteiger partial charge in [-0.1, -0.05) is 0 Å². The number of amides is 2. The maximum Gasteiger partial charge on any atom is 0.407 e. The molecule has 0 radical (unpaired) electrons. The second-order valence-electron chi connectivity index (χ2n) is 8.13. The third kappa shape index (κ3) is 3.84. The summed E-state index contributed by atoms with van der Waals surface area (Å²) in [5.41, 5.74) is 3.57. The number of carbonyl (C=O) groups excluding carboxylic acids is 2. The molecule has 0 saturated heterocycles. The van der Waals surface area contributed by atoms with Crippen molar-refractivity contribution in [3.05, 3.63) is 35.0 Å². The number of hydrogen-bond donors (Lipinski definition) is 2. The zero-order valence-corrected chi connectivity index (χ0v) is 16.1. The number of hydrogen-bond acceptors (Lipinski definition) is 3. The molecule has 1 heterocycles. The van der Waals surface area contributed by atoms with Crippen molar-refractivity contribution in [2.24, 2.45) is 0 Å². The second-order valence-corrected chi connectivity index (χ2v) is 8.13. The summed E-state index contributed by atoms with van der Waals surface area (Å²) in [6.45, 7) is 5.57. The monoisotopic (exact) mass is 357 g/mol. The Bertz CT molecular complexity index is 846. The quantitative estimate of drug-likeness (QED) is 0.866. The third-order valence-corrected chi connectivity index (χ3v) is 4.56. The largest absolute Gasteiger partial charge is 0.444 e. The van der Waals surface area contributed by atoms with E-state index in [9.17, 15) is 9.59 Å². The van der Waals surface area contributed by atoms with E-state index < -0.39 is 5.60 Å². The molecule has 1 unspecified atom stereocenters. The predicted molar refractivity (Wildman–Crippen MR) is 101 cm³/mol. The summed E-state index contributed by atoms with van der Waals surface area (Å²) in [5.74, 6) is -0.0129. The molecule has 0 spiro atoms. The number of ether oxygens (including phenoxy) is 1. The van der Waals surface area contributed by atoms with Crippen LogP contribution in [0.2, 0.25) is 0 Å². The summed E-state index contributed by atoms with van der Waals surface area (Å²) in [5, 5.41) is 4.03. The minimum atomic E-state index is -0.508. The molecule has 2 amide bonds. The number of rotatable bonds is 2. The molecule has 1 aromatic heterocycles. The van der Waals surface area contributed by atoms with E-state index >= 15 is 0 Å². The molecule has 0 bridgehead atoms. The molecule has 0 fully saturated rings. The standard InChI is InChI=1S/C20H27N3O3/c1-20(2,3)26-19(25)21-13-7-9-17-15(11-13)14-10-12(18(24)23(4)5)6-8-16(14)22-17/h6,8,10,13,22H,7,9,11H2,1-5H3,(H,21,25). The molecule has 1 aliphatic carbocycles. The Hall–Kier alpha value is -2.50. The lowest BCUT2D eigenvalue weighted by Gasteiger charge is -2.26. The van der Waals surface area contributed by atoms with Gasteiger partial charge >= 0.3 is 6.09 Å². The van der Waals surface area contributed by atoms with Crippen LogP contribution in [0.3, 0.4) is 0 Å². The van der Waals surface area contributed by atoms with Gasteiger partial charge < -0.3 is 19.9 Å². The Balaban J connectivity index is 1.82. The Labute approximate surface area is 153 Å². The number of fused-ring (bicyclic) bond motifs is 3. The van der Waals surface area contributed by atoms with Crippen LogP contribution in [-0.2, 0) is 17.6 Å². The first-order valence-electron chi connectivity index (χ1n) is 8.98. The maximum absolute atomic E-state index is 12.3. The van der Waals surface area contributed by atoms with Gasteiger partial charge in [0, 0.05) is 42.3 Å². The first-order valence-corrected chi connectivity index (χ1v) is 8.98. The Morgan fingerprint density at radius 3 is 2.65 bits per heavy atom. The highest BCUT2D eigenvalue weighted by Crippen LogP contribution is 2.30. The molecule has 26 heavy (non-hydrogen) atoms. The third-order valence-electron chi connectivity index (χ3n) is 4.56. The Morgan fingerprint density at radius 1 is 1.27 bits per heavy atom. The van der Waals surface area contributed by atoms with Gasteiger partial charge in [-0.15, -0.1) is 0 Å². The van der Waals surface area contributed by atoms with E-state index in [-0.39, 0.29) is 18.0 Å². The van der Waals surface area contributed by atoms with E-state index in [0.717, 1.165) is 30.2 Å². The maximum atomic E-state index is 12.3. The van der Waals surface area contributed by atoms with Gasteiger partial charge in [-0.2, -0.15) is 0 Å². The summed E-state index contributed by atoms with van der Waals surface area (Å²) in [6.07, 6.45) is 2.08. The number of aryl methyl sites for hydroxylation is 1. The van der Waals surface area contributed by atoms with Gasteiger partial charge in [-0.3, -0.25) is 4.79 Å². The van der Waals surface area contributed by atoms with Crippen LogP contribution in [0.5, 0.6) is 0 Å². The topological polar surface area (TPSA) is 74.4 Å². The first kappa shape index (κ1) is 18.3. The molecule has 1 aliphatic rings. The fraction of sp³-hybridized carbons (Fsp3) is 0.500. The zero-order valence-electron chi connectivity index (χ0n) is 16.1. The van der Waals surface area contributed by atoms with E-state index in [1.165, 1.54) is 11.3 Å². The molecule has 1 aromatic carbocycles. The van der Waals surface area contributed by atoms with Gasteiger partial charge in [0.15, 0.2) is 0 Å². The van der Waals surface area contributed by atoms with Crippen LogP contribution >= 0.6 is 0 Å². The highest BCUT2D eigenvalue weighted by atomic mass is 16.6. The molecule has 1 atom stereocenters. The number of benzene rings is 1. The minimum absolute atomic E-state index is 0.0129. The lowest BCUT2D eigenvalue weighted by atomic mass is 9.91. The van der Waals surface area contributed by atoms with Gasteiger partial charge in [-0.25, -0.2) is 4.79 Å². The van der Waals surface area contributed by atoms with E-state index in [2.05, 4.69) is 10.3 Å². The average molecular weight is 357 g/mol. The fourth-order valence-electron chi connectivity index (χ4n) is 3.41. The summed E-state index contributed by atoms with van der Waals surface area (Å²) >= 11 is 0. The molecule has 2 N–H and O–H groups in total. The van der Waals surface area contributed by atoms with E-state index in [4.69, 9.17) is 4.74 Å². The lowest BCUT2D eigenvalue weighted by molar-refractivity contribution is 0.0500. The number of nitrogens with zero attached hydrogens (tertiary/aromatic N) is 1. The van der Waals surface area contributed by atoms with Crippen molar-refractivity contribution < 1.29 is 14.3 Å². The molecular formula is C20H27N3O3. The summed E-state index contributed by atoms with van der Waals surface area (Å²) in [7, 11) is 3.50. The van der Waals surface area contributed by atoms with Crippen molar-refractivity contribution in [2.75, 3.05) is 14.1 Å². The molecule has 3 rings (SSSR count). The first-order chi connectivity index (χ1) is 12.1.